The highest BCUT2D eigenvalue weighted by atomic mass is 35.5. The van der Waals surface area contributed by atoms with E-state index in [1.54, 1.807) is 12.1 Å². The highest BCUT2D eigenvalue weighted by molar-refractivity contribution is 6.16. The number of halogens is 1. The minimum Gasteiger partial charge on any atom is -0.507 e. The molecule has 6 heteroatoms. The van der Waals surface area contributed by atoms with Gasteiger partial charge in [0.1, 0.15) is 11.5 Å². The van der Waals surface area contributed by atoms with Crippen molar-refractivity contribution in [3.05, 3.63) is 58.1 Å². The number of piperazine rings is 1. The van der Waals surface area contributed by atoms with Gasteiger partial charge in [0.2, 0.25) is 5.78 Å². The Balaban J connectivity index is 0.00000240. The number of phenolic OH excluding ortho intramolecular Hbond substituents is 2. The van der Waals surface area contributed by atoms with Gasteiger partial charge >= 0.3 is 0 Å². The molecule has 0 amide bonds. The number of ketones is 1. The van der Waals surface area contributed by atoms with E-state index >= 15 is 0 Å². The molecule has 0 atom stereocenters. The highest BCUT2D eigenvalue weighted by Crippen LogP contribution is 2.46. The fourth-order valence-electron chi connectivity index (χ4n) is 4.60. The summed E-state index contributed by atoms with van der Waals surface area (Å²) in [6.45, 7) is 12.2. The zero-order valence-corrected chi connectivity index (χ0v) is 18.1. The van der Waals surface area contributed by atoms with Crippen LogP contribution in [0, 0.1) is 0 Å². The Hall–Kier alpha value is -2.08. The van der Waals surface area contributed by atoms with E-state index in [2.05, 4.69) is 22.8 Å². The quantitative estimate of drug-likeness (QED) is 0.801. The van der Waals surface area contributed by atoms with Crippen molar-refractivity contribution < 1.29 is 15.0 Å². The van der Waals surface area contributed by atoms with Crippen molar-refractivity contribution in [3.63, 3.8) is 0 Å². The number of fused-ring (bicyclic) bond motifs is 2. The van der Waals surface area contributed by atoms with Crippen molar-refractivity contribution >= 4 is 18.2 Å². The molecule has 0 aromatic heterocycles. The molecule has 1 aliphatic heterocycles. The molecular formula is C23H29ClN2O3. The third-order valence-corrected chi connectivity index (χ3v) is 6.34. The van der Waals surface area contributed by atoms with Gasteiger partial charge in [0.05, 0.1) is 11.1 Å². The van der Waals surface area contributed by atoms with Gasteiger partial charge in [-0.1, -0.05) is 39.0 Å². The first-order valence-corrected chi connectivity index (χ1v) is 10.0. The van der Waals surface area contributed by atoms with Gasteiger partial charge in [-0.05, 0) is 35.4 Å². The number of carbonyl (C=O) groups is 1. The molecule has 0 unspecified atom stereocenters. The number of aromatic hydroxyl groups is 2. The Morgan fingerprint density at radius 1 is 0.931 bits per heavy atom. The molecule has 0 bridgehead atoms. The fraction of sp³-hybridized carbons (Fsp3) is 0.435. The van der Waals surface area contributed by atoms with E-state index in [0.29, 0.717) is 11.1 Å². The van der Waals surface area contributed by atoms with Crippen molar-refractivity contribution in [2.24, 2.45) is 0 Å². The first-order valence-electron chi connectivity index (χ1n) is 10.0. The van der Waals surface area contributed by atoms with Crippen molar-refractivity contribution in [1.29, 1.82) is 0 Å². The number of phenols is 2. The van der Waals surface area contributed by atoms with Crippen LogP contribution in [0.3, 0.4) is 0 Å². The van der Waals surface area contributed by atoms with E-state index in [1.807, 2.05) is 19.9 Å². The predicted molar refractivity (Wildman–Crippen MR) is 116 cm³/mol. The van der Waals surface area contributed by atoms with Crippen LogP contribution in [0.2, 0.25) is 0 Å². The van der Waals surface area contributed by atoms with Crippen LogP contribution in [0.5, 0.6) is 11.5 Å². The summed E-state index contributed by atoms with van der Waals surface area (Å²) in [6.07, 6.45) is 0. The molecule has 156 valence electrons. The maximum absolute atomic E-state index is 13.1. The van der Waals surface area contributed by atoms with Gasteiger partial charge in [-0.15, -0.1) is 12.4 Å². The van der Waals surface area contributed by atoms with Crippen LogP contribution in [0.4, 0.5) is 0 Å². The zero-order chi connectivity index (χ0) is 20.1. The van der Waals surface area contributed by atoms with Crippen LogP contribution in [0.25, 0.3) is 0 Å². The monoisotopic (exact) mass is 416 g/mol. The first kappa shape index (κ1) is 21.6. The second kappa shape index (κ2) is 7.98. The minimum atomic E-state index is -0.480. The van der Waals surface area contributed by atoms with Gasteiger partial charge in [0.15, 0.2) is 0 Å². The number of nitrogens with zero attached hydrogens (tertiary/aromatic N) is 2. The van der Waals surface area contributed by atoms with Crippen LogP contribution in [0.15, 0.2) is 30.3 Å². The second-order valence-corrected chi connectivity index (χ2v) is 8.40. The average Bonchev–Trinajstić information content (AvgIpc) is 2.66. The SMILES string of the molecule is CCN1CCN(Cc2cc(O)c3c(c2)C(C)(C)c2cccc(O)c2C3=O)CC1.Cl. The summed E-state index contributed by atoms with van der Waals surface area (Å²) in [5.74, 6) is -0.326. The van der Waals surface area contributed by atoms with Gasteiger partial charge < -0.3 is 15.1 Å². The summed E-state index contributed by atoms with van der Waals surface area (Å²) in [4.78, 5) is 17.9. The number of likely N-dealkylation sites (N-methyl/N-ethyl adjacent to an activating group) is 1. The standard InChI is InChI=1S/C23H28N2O3.ClH/c1-4-24-8-10-25(11-9-24)14-15-12-17-21(19(27)13-15)22(28)20-16(23(17,2)3)6-5-7-18(20)26;/h5-7,12-13,26-27H,4,8-11,14H2,1-3H3;1H. The van der Waals surface area contributed by atoms with Gasteiger partial charge in [-0.25, -0.2) is 0 Å². The molecule has 5 nitrogen and oxygen atoms in total. The molecule has 2 aliphatic rings. The third-order valence-electron chi connectivity index (χ3n) is 6.34. The Labute approximate surface area is 178 Å². The lowest BCUT2D eigenvalue weighted by molar-refractivity contribution is 0.102. The van der Waals surface area contributed by atoms with Gasteiger partial charge in [-0.2, -0.15) is 0 Å². The summed E-state index contributed by atoms with van der Waals surface area (Å²) in [7, 11) is 0. The van der Waals surface area contributed by atoms with E-state index in [9.17, 15) is 15.0 Å². The molecule has 2 N–H and O–H groups in total. The molecule has 0 radical (unpaired) electrons. The van der Waals surface area contributed by atoms with Crippen LogP contribution < -0.4 is 0 Å². The largest absolute Gasteiger partial charge is 0.507 e. The molecule has 2 aromatic carbocycles. The lowest BCUT2D eigenvalue weighted by Gasteiger charge is -2.36. The molecule has 1 fully saturated rings. The molecular weight excluding hydrogens is 388 g/mol. The molecule has 1 saturated heterocycles. The predicted octanol–water partition coefficient (Wildman–Crippen LogP) is 3.53. The van der Waals surface area contributed by atoms with Crippen LogP contribution >= 0.6 is 12.4 Å². The van der Waals surface area contributed by atoms with Crippen LogP contribution in [-0.4, -0.2) is 58.5 Å². The fourth-order valence-corrected chi connectivity index (χ4v) is 4.60. The molecule has 0 saturated carbocycles. The summed E-state index contributed by atoms with van der Waals surface area (Å²) in [5, 5.41) is 21.0. The molecule has 1 heterocycles. The first-order chi connectivity index (χ1) is 13.3. The third kappa shape index (κ3) is 3.63. The average molecular weight is 417 g/mol. The van der Waals surface area contributed by atoms with Gasteiger partial charge in [-0.3, -0.25) is 9.69 Å². The van der Waals surface area contributed by atoms with Crippen molar-refractivity contribution in [1.82, 2.24) is 9.80 Å². The second-order valence-electron chi connectivity index (χ2n) is 8.40. The zero-order valence-electron chi connectivity index (χ0n) is 17.2. The van der Waals surface area contributed by atoms with Crippen molar-refractivity contribution in [3.8, 4) is 11.5 Å². The lowest BCUT2D eigenvalue weighted by atomic mass is 9.67. The maximum Gasteiger partial charge on any atom is 0.201 e. The molecule has 1 aliphatic carbocycles. The highest BCUT2D eigenvalue weighted by Gasteiger charge is 2.40. The Kier molecular flexibility index (Phi) is 5.95. The normalized spacial score (nSPS) is 18.7. The molecule has 29 heavy (non-hydrogen) atoms. The van der Waals surface area contributed by atoms with E-state index in [-0.39, 0.29) is 29.7 Å². The summed E-state index contributed by atoms with van der Waals surface area (Å²) in [6, 6.07) is 8.96. The lowest BCUT2D eigenvalue weighted by Crippen LogP contribution is -2.45. The number of carbonyl (C=O) groups excluding carboxylic acids is 1. The molecule has 4 rings (SSSR count). The summed E-state index contributed by atoms with van der Waals surface area (Å²) in [5.41, 5.74) is 2.80. The van der Waals surface area contributed by atoms with E-state index in [0.717, 1.165) is 56.0 Å². The maximum atomic E-state index is 13.1. The number of hydrogen-bond donors (Lipinski definition) is 2. The minimum absolute atomic E-state index is 0. The number of benzene rings is 2. The summed E-state index contributed by atoms with van der Waals surface area (Å²) < 4.78 is 0. The van der Waals surface area contributed by atoms with Crippen molar-refractivity contribution in [2.45, 2.75) is 32.7 Å². The summed E-state index contributed by atoms with van der Waals surface area (Å²) >= 11 is 0. The topological polar surface area (TPSA) is 64.0 Å². The Morgan fingerprint density at radius 3 is 2.21 bits per heavy atom. The smallest absolute Gasteiger partial charge is 0.201 e. The number of hydrogen-bond acceptors (Lipinski definition) is 5. The van der Waals surface area contributed by atoms with E-state index in [4.69, 9.17) is 0 Å². The van der Waals surface area contributed by atoms with Crippen LogP contribution in [-0.2, 0) is 12.0 Å². The van der Waals surface area contributed by atoms with E-state index < -0.39 is 5.41 Å². The van der Waals surface area contributed by atoms with Gasteiger partial charge in [0.25, 0.3) is 0 Å². The molecule has 2 aromatic rings. The van der Waals surface area contributed by atoms with Gasteiger partial charge in [0, 0.05) is 38.1 Å². The van der Waals surface area contributed by atoms with E-state index in [1.165, 1.54) is 6.07 Å². The molecule has 0 spiro atoms. The Morgan fingerprint density at radius 2 is 1.55 bits per heavy atom. The van der Waals surface area contributed by atoms with Crippen molar-refractivity contribution in [2.75, 3.05) is 32.7 Å². The van der Waals surface area contributed by atoms with Crippen LogP contribution in [0.1, 0.15) is 53.4 Å². The number of rotatable bonds is 3. The Bertz CT molecular complexity index is 934.